The van der Waals surface area contributed by atoms with Crippen molar-refractivity contribution in [3.8, 4) is 0 Å². The highest BCUT2D eigenvalue weighted by Crippen LogP contribution is 2.47. The predicted molar refractivity (Wildman–Crippen MR) is 131 cm³/mol. The van der Waals surface area contributed by atoms with Gasteiger partial charge in [-0.3, -0.25) is 0 Å². The van der Waals surface area contributed by atoms with E-state index in [1.807, 2.05) is 6.07 Å². The molecule has 2 heteroatoms. The van der Waals surface area contributed by atoms with E-state index in [-0.39, 0.29) is 18.2 Å². The fourth-order valence-corrected chi connectivity index (χ4v) is 4.50. The first kappa shape index (κ1) is 20.1. The first-order valence-electron chi connectivity index (χ1n) is 11.2. The Balaban J connectivity index is 1.60. The molecule has 1 unspecified atom stereocenters. The molecule has 0 fully saturated rings. The van der Waals surface area contributed by atoms with Crippen LogP contribution in [0.15, 0.2) is 133 Å². The Kier molecular flexibility index (Phi) is 5.76. The molecule has 0 aromatic heterocycles. The van der Waals surface area contributed by atoms with E-state index in [1.165, 1.54) is 22.4 Å². The predicted octanol–water partition coefficient (Wildman–Crippen LogP) is 7.65. The molecule has 0 N–H and O–H groups in total. The van der Waals surface area contributed by atoms with Gasteiger partial charge in [-0.2, -0.15) is 0 Å². The third-order valence-corrected chi connectivity index (χ3v) is 6.06. The zero-order valence-corrected chi connectivity index (χ0v) is 18.2. The number of anilines is 1. The molecule has 0 saturated heterocycles. The zero-order valence-electron chi connectivity index (χ0n) is 18.2. The van der Waals surface area contributed by atoms with E-state index in [9.17, 15) is 0 Å². The molecule has 1 aliphatic heterocycles. The van der Waals surface area contributed by atoms with Crippen molar-refractivity contribution >= 4 is 5.69 Å². The van der Waals surface area contributed by atoms with Crippen molar-refractivity contribution < 1.29 is 4.74 Å². The maximum Gasteiger partial charge on any atom is 0.122 e. The quantitative estimate of drug-likeness (QED) is 0.319. The summed E-state index contributed by atoms with van der Waals surface area (Å²) in [5.74, 6) is 0.991. The average molecular weight is 418 g/mol. The number of rotatable bonds is 6. The number of benzene rings is 4. The molecule has 0 saturated carbocycles. The molecule has 0 aliphatic carbocycles. The van der Waals surface area contributed by atoms with Crippen LogP contribution in [0.1, 0.15) is 41.8 Å². The van der Waals surface area contributed by atoms with Gasteiger partial charge >= 0.3 is 0 Å². The highest BCUT2D eigenvalue weighted by Gasteiger charge is 2.38. The molecule has 158 valence electrons. The molecule has 1 heterocycles. The highest BCUT2D eigenvalue weighted by atomic mass is 16.5. The van der Waals surface area contributed by atoms with Gasteiger partial charge in [-0.05, 0) is 41.8 Å². The van der Waals surface area contributed by atoms with Gasteiger partial charge in [-0.1, -0.05) is 109 Å². The monoisotopic (exact) mass is 417 g/mol. The molecule has 4 aromatic carbocycles. The molecule has 2 nitrogen and oxygen atoms in total. The summed E-state index contributed by atoms with van der Waals surface area (Å²) < 4.78 is 6.69. The lowest BCUT2D eigenvalue weighted by atomic mass is 10.0. The molecule has 4 aromatic rings. The Morgan fingerprint density at radius 3 is 1.72 bits per heavy atom. The minimum Gasteiger partial charge on any atom is -0.488 e. The van der Waals surface area contributed by atoms with Crippen LogP contribution in [0.3, 0.4) is 0 Å². The summed E-state index contributed by atoms with van der Waals surface area (Å²) in [6.45, 7) is 2.13. The molecule has 0 spiro atoms. The second-order valence-corrected chi connectivity index (χ2v) is 8.15. The third-order valence-electron chi connectivity index (χ3n) is 6.06. The van der Waals surface area contributed by atoms with E-state index in [2.05, 4.69) is 133 Å². The molecule has 3 atom stereocenters. The van der Waals surface area contributed by atoms with Crippen LogP contribution >= 0.6 is 0 Å². The van der Waals surface area contributed by atoms with E-state index in [1.54, 1.807) is 0 Å². The molecule has 1 aliphatic rings. The Labute approximate surface area is 190 Å². The maximum absolute atomic E-state index is 6.69. The lowest BCUT2D eigenvalue weighted by Crippen LogP contribution is -2.28. The fourth-order valence-electron chi connectivity index (χ4n) is 4.50. The summed E-state index contributed by atoms with van der Waals surface area (Å²) >= 11 is 0. The van der Waals surface area contributed by atoms with Crippen LogP contribution in [0.5, 0.6) is 0 Å². The van der Waals surface area contributed by atoms with Crippen molar-refractivity contribution in [2.24, 2.45) is 0 Å². The van der Waals surface area contributed by atoms with Gasteiger partial charge in [0.25, 0.3) is 0 Å². The summed E-state index contributed by atoms with van der Waals surface area (Å²) in [7, 11) is 0. The number of ether oxygens (including phenoxy) is 1. The standard InChI is InChI=1S/C30H27NO/c1-23(24-14-6-2-7-15-24)32-29-22-28(25-16-8-3-9-17-25)31(27-20-12-5-13-21-27)30(29)26-18-10-4-11-19-26/h2-23,28,30H,1H3/t23?,28-,30+/m1/s1. The van der Waals surface area contributed by atoms with Gasteiger partial charge in [-0.25, -0.2) is 0 Å². The summed E-state index contributed by atoms with van der Waals surface area (Å²) in [4.78, 5) is 2.47. The lowest BCUT2D eigenvalue weighted by Gasteiger charge is -2.34. The number of hydrogen-bond donors (Lipinski definition) is 0. The number of nitrogens with zero attached hydrogens (tertiary/aromatic N) is 1. The minimum atomic E-state index is -0.0409. The van der Waals surface area contributed by atoms with Crippen molar-refractivity contribution in [1.82, 2.24) is 0 Å². The van der Waals surface area contributed by atoms with E-state index in [0.717, 1.165) is 5.76 Å². The normalized spacial score (nSPS) is 18.8. The Morgan fingerprint density at radius 2 is 1.12 bits per heavy atom. The largest absolute Gasteiger partial charge is 0.488 e. The van der Waals surface area contributed by atoms with Crippen molar-refractivity contribution in [2.45, 2.75) is 25.1 Å². The Bertz CT molecular complexity index is 1160. The Hall–Kier alpha value is -3.78. The first-order valence-corrected chi connectivity index (χ1v) is 11.2. The van der Waals surface area contributed by atoms with Gasteiger partial charge in [0.1, 0.15) is 17.9 Å². The third kappa shape index (κ3) is 4.04. The Morgan fingerprint density at radius 1 is 0.625 bits per heavy atom. The number of para-hydroxylation sites is 1. The van der Waals surface area contributed by atoms with Gasteiger partial charge in [0.15, 0.2) is 0 Å². The van der Waals surface area contributed by atoms with Gasteiger partial charge in [-0.15, -0.1) is 0 Å². The van der Waals surface area contributed by atoms with Crippen molar-refractivity contribution in [1.29, 1.82) is 0 Å². The molecule has 5 rings (SSSR count). The molecular weight excluding hydrogens is 390 g/mol. The minimum absolute atomic E-state index is 0.00466. The molecule has 0 radical (unpaired) electrons. The van der Waals surface area contributed by atoms with Gasteiger partial charge < -0.3 is 9.64 Å². The summed E-state index contributed by atoms with van der Waals surface area (Å²) in [6, 6.07) is 42.5. The summed E-state index contributed by atoms with van der Waals surface area (Å²) in [6.07, 6.45) is 2.25. The zero-order chi connectivity index (χ0) is 21.8. The van der Waals surface area contributed by atoms with Crippen LogP contribution in [0, 0.1) is 0 Å². The molecule has 32 heavy (non-hydrogen) atoms. The second-order valence-electron chi connectivity index (χ2n) is 8.15. The molecule has 0 bridgehead atoms. The first-order chi connectivity index (χ1) is 15.8. The van der Waals surface area contributed by atoms with E-state index >= 15 is 0 Å². The van der Waals surface area contributed by atoms with Gasteiger partial charge in [0, 0.05) is 5.69 Å². The van der Waals surface area contributed by atoms with Crippen LogP contribution in [0.2, 0.25) is 0 Å². The van der Waals surface area contributed by atoms with Crippen LogP contribution < -0.4 is 4.90 Å². The van der Waals surface area contributed by atoms with Crippen LogP contribution in [0.25, 0.3) is 0 Å². The lowest BCUT2D eigenvalue weighted by molar-refractivity contribution is 0.122. The smallest absolute Gasteiger partial charge is 0.122 e. The van der Waals surface area contributed by atoms with Gasteiger partial charge in [0.05, 0.1) is 6.04 Å². The second kappa shape index (κ2) is 9.15. The van der Waals surface area contributed by atoms with E-state index < -0.39 is 0 Å². The van der Waals surface area contributed by atoms with Crippen molar-refractivity contribution in [2.75, 3.05) is 4.90 Å². The maximum atomic E-state index is 6.69. The average Bonchev–Trinajstić information content (AvgIpc) is 3.25. The van der Waals surface area contributed by atoms with Crippen LogP contribution in [-0.4, -0.2) is 0 Å². The molecule has 0 amide bonds. The van der Waals surface area contributed by atoms with Crippen molar-refractivity contribution in [3.05, 3.63) is 150 Å². The highest BCUT2D eigenvalue weighted by molar-refractivity contribution is 5.58. The van der Waals surface area contributed by atoms with E-state index in [0.29, 0.717) is 0 Å². The summed E-state index contributed by atoms with van der Waals surface area (Å²) in [5, 5.41) is 0. The number of hydrogen-bond acceptors (Lipinski definition) is 2. The SMILES string of the molecule is CC(OC1=C[C@H](c2ccccc2)N(c2ccccc2)[C@H]1c1ccccc1)c1ccccc1. The van der Waals surface area contributed by atoms with Gasteiger partial charge in [0.2, 0.25) is 0 Å². The van der Waals surface area contributed by atoms with Crippen molar-refractivity contribution in [3.63, 3.8) is 0 Å². The van der Waals surface area contributed by atoms with E-state index in [4.69, 9.17) is 4.74 Å². The topological polar surface area (TPSA) is 12.5 Å². The summed E-state index contributed by atoms with van der Waals surface area (Å²) in [5.41, 5.74) is 4.83. The fraction of sp³-hybridized carbons (Fsp3) is 0.133. The van der Waals surface area contributed by atoms with Crippen LogP contribution in [-0.2, 0) is 4.74 Å². The van der Waals surface area contributed by atoms with Crippen LogP contribution in [0.4, 0.5) is 5.69 Å². The molecular formula is C30H27NO.